The molecule has 7 heteroatoms. The summed E-state index contributed by atoms with van der Waals surface area (Å²) in [6.45, 7) is 0.542. The van der Waals surface area contributed by atoms with Crippen molar-refractivity contribution in [2.24, 2.45) is 0 Å². The summed E-state index contributed by atoms with van der Waals surface area (Å²) in [6.07, 6.45) is 0. The van der Waals surface area contributed by atoms with Crippen LogP contribution < -0.4 is 10.0 Å². The van der Waals surface area contributed by atoms with E-state index >= 15 is 0 Å². The van der Waals surface area contributed by atoms with Gasteiger partial charge in [-0.2, -0.15) is 0 Å². The van der Waals surface area contributed by atoms with Crippen molar-refractivity contribution < 1.29 is 13.2 Å². The summed E-state index contributed by atoms with van der Waals surface area (Å²) >= 11 is 1.67. The molecule has 3 aromatic carbocycles. The Bertz CT molecular complexity index is 1010. The van der Waals surface area contributed by atoms with Crippen LogP contribution in [0.1, 0.15) is 10.4 Å². The molecule has 2 N–H and O–H groups in total. The van der Waals surface area contributed by atoms with Gasteiger partial charge < -0.3 is 5.32 Å². The maximum atomic E-state index is 12.3. The van der Waals surface area contributed by atoms with Crippen LogP contribution in [0.25, 0.3) is 0 Å². The van der Waals surface area contributed by atoms with E-state index in [1.807, 2.05) is 30.3 Å². The van der Waals surface area contributed by atoms with E-state index in [1.54, 1.807) is 54.2 Å². The van der Waals surface area contributed by atoms with Crippen LogP contribution in [0.3, 0.4) is 0 Å². The van der Waals surface area contributed by atoms with Crippen molar-refractivity contribution in [2.45, 2.75) is 9.79 Å². The zero-order chi connectivity index (χ0) is 19.8. The van der Waals surface area contributed by atoms with Gasteiger partial charge in [0, 0.05) is 28.4 Å². The van der Waals surface area contributed by atoms with Crippen molar-refractivity contribution in [2.75, 3.05) is 17.0 Å². The average Bonchev–Trinajstić information content (AvgIpc) is 2.73. The Morgan fingerprint density at radius 1 is 0.821 bits per heavy atom. The Balaban J connectivity index is 1.51. The van der Waals surface area contributed by atoms with Gasteiger partial charge in [-0.1, -0.05) is 36.4 Å². The third-order valence-electron chi connectivity index (χ3n) is 3.85. The third-order valence-corrected chi connectivity index (χ3v) is 6.26. The molecule has 0 aliphatic rings. The van der Waals surface area contributed by atoms with E-state index in [1.165, 1.54) is 12.1 Å². The molecule has 144 valence electrons. The molecule has 0 aliphatic carbocycles. The first kappa shape index (κ1) is 20.0. The smallest absolute Gasteiger partial charge is 0.261 e. The van der Waals surface area contributed by atoms with Crippen molar-refractivity contribution in [3.63, 3.8) is 0 Å². The molecular weight excluding hydrogens is 392 g/mol. The maximum absolute atomic E-state index is 12.3. The van der Waals surface area contributed by atoms with Crippen LogP contribution in [0.4, 0.5) is 5.69 Å². The normalized spacial score (nSPS) is 11.0. The van der Waals surface area contributed by atoms with Gasteiger partial charge in [0.2, 0.25) is 0 Å². The number of anilines is 1. The quantitative estimate of drug-likeness (QED) is 0.433. The number of hydrogen-bond acceptors (Lipinski definition) is 4. The minimum absolute atomic E-state index is 0.188. The van der Waals surface area contributed by atoms with Gasteiger partial charge in [0.05, 0.1) is 4.90 Å². The molecule has 0 spiro atoms. The van der Waals surface area contributed by atoms with E-state index in [-0.39, 0.29) is 10.8 Å². The topological polar surface area (TPSA) is 75.3 Å². The van der Waals surface area contributed by atoms with Gasteiger partial charge in [0.1, 0.15) is 0 Å². The standard InChI is InChI=1S/C21H20N2O3S2/c24-21(22-15-16-27-19-7-3-1-4-8-19)17-11-13-18(14-12-17)23-28(25,26)20-9-5-2-6-10-20/h1-14,23H,15-16H2,(H,22,24). The SMILES string of the molecule is O=C(NCCSc1ccccc1)c1ccc(NS(=O)(=O)c2ccccc2)cc1. The van der Waals surface area contributed by atoms with Gasteiger partial charge in [0.25, 0.3) is 15.9 Å². The average molecular weight is 413 g/mol. The predicted molar refractivity (Wildman–Crippen MR) is 113 cm³/mol. The molecule has 1 amide bonds. The Kier molecular flexibility index (Phi) is 6.73. The number of benzene rings is 3. The summed E-state index contributed by atoms with van der Waals surface area (Å²) in [6, 6.07) is 24.5. The molecule has 5 nitrogen and oxygen atoms in total. The second kappa shape index (κ2) is 9.43. The Morgan fingerprint density at radius 2 is 1.43 bits per heavy atom. The molecule has 0 fully saturated rings. The largest absolute Gasteiger partial charge is 0.351 e. The molecule has 0 heterocycles. The van der Waals surface area contributed by atoms with Crippen molar-refractivity contribution >= 4 is 33.4 Å². The summed E-state index contributed by atoms with van der Waals surface area (Å²) in [5, 5.41) is 2.86. The van der Waals surface area contributed by atoms with Crippen molar-refractivity contribution in [3.8, 4) is 0 Å². The Morgan fingerprint density at radius 3 is 2.07 bits per heavy atom. The molecule has 0 aliphatic heterocycles. The van der Waals surface area contributed by atoms with Gasteiger partial charge in [-0.3, -0.25) is 9.52 Å². The van der Waals surface area contributed by atoms with E-state index in [0.717, 1.165) is 10.6 Å². The number of hydrogen-bond donors (Lipinski definition) is 2. The van der Waals surface area contributed by atoms with Gasteiger partial charge in [0.15, 0.2) is 0 Å². The number of carbonyl (C=O) groups excluding carboxylic acids is 1. The molecule has 28 heavy (non-hydrogen) atoms. The fourth-order valence-electron chi connectivity index (χ4n) is 2.46. The lowest BCUT2D eigenvalue weighted by atomic mass is 10.2. The molecule has 0 atom stereocenters. The van der Waals surface area contributed by atoms with Crippen LogP contribution in [0.2, 0.25) is 0 Å². The number of carbonyl (C=O) groups is 1. The minimum atomic E-state index is -3.64. The number of thioether (sulfide) groups is 1. The molecule has 0 saturated carbocycles. The van der Waals surface area contributed by atoms with Crippen molar-refractivity contribution in [1.82, 2.24) is 5.32 Å². The summed E-state index contributed by atoms with van der Waals surface area (Å²) in [7, 11) is -3.64. The summed E-state index contributed by atoms with van der Waals surface area (Å²) in [4.78, 5) is 13.6. The molecule has 0 radical (unpaired) electrons. The van der Waals surface area contributed by atoms with Crippen molar-refractivity contribution in [3.05, 3.63) is 90.5 Å². The first-order chi connectivity index (χ1) is 13.5. The van der Waals surface area contributed by atoms with Gasteiger partial charge in [-0.05, 0) is 48.5 Å². The molecule has 0 saturated heterocycles. The highest BCUT2D eigenvalue weighted by Crippen LogP contribution is 2.17. The molecule has 0 bridgehead atoms. The summed E-state index contributed by atoms with van der Waals surface area (Å²) in [5.41, 5.74) is 0.882. The van der Waals surface area contributed by atoms with E-state index in [2.05, 4.69) is 10.0 Å². The third kappa shape index (κ3) is 5.61. The molecule has 0 aromatic heterocycles. The molecule has 3 aromatic rings. The zero-order valence-electron chi connectivity index (χ0n) is 15.0. The second-order valence-corrected chi connectivity index (χ2v) is 8.76. The first-order valence-electron chi connectivity index (χ1n) is 8.68. The molecule has 0 unspecified atom stereocenters. The number of nitrogens with one attached hydrogen (secondary N) is 2. The first-order valence-corrected chi connectivity index (χ1v) is 11.2. The van der Waals surface area contributed by atoms with Crippen LogP contribution in [0, 0.1) is 0 Å². The Hall–Kier alpha value is -2.77. The second-order valence-electron chi connectivity index (χ2n) is 5.91. The van der Waals surface area contributed by atoms with Crippen LogP contribution in [-0.4, -0.2) is 26.6 Å². The van der Waals surface area contributed by atoms with E-state index in [9.17, 15) is 13.2 Å². The number of rotatable bonds is 8. The van der Waals surface area contributed by atoms with Gasteiger partial charge >= 0.3 is 0 Å². The summed E-state index contributed by atoms with van der Waals surface area (Å²) in [5.74, 6) is 0.580. The highest BCUT2D eigenvalue weighted by Gasteiger charge is 2.13. The number of sulfonamides is 1. The van der Waals surface area contributed by atoms with Crippen LogP contribution in [0.5, 0.6) is 0 Å². The van der Waals surface area contributed by atoms with Crippen LogP contribution in [-0.2, 0) is 10.0 Å². The zero-order valence-corrected chi connectivity index (χ0v) is 16.7. The minimum Gasteiger partial charge on any atom is -0.351 e. The van der Waals surface area contributed by atoms with Gasteiger partial charge in [-0.25, -0.2) is 8.42 Å². The predicted octanol–water partition coefficient (Wildman–Crippen LogP) is 4.01. The maximum Gasteiger partial charge on any atom is 0.261 e. The lowest BCUT2D eigenvalue weighted by Gasteiger charge is -2.09. The highest BCUT2D eigenvalue weighted by molar-refractivity contribution is 7.99. The number of amides is 1. The van der Waals surface area contributed by atoms with Crippen LogP contribution in [0.15, 0.2) is 94.7 Å². The van der Waals surface area contributed by atoms with Crippen LogP contribution >= 0.6 is 11.8 Å². The van der Waals surface area contributed by atoms with Crippen molar-refractivity contribution in [1.29, 1.82) is 0 Å². The highest BCUT2D eigenvalue weighted by atomic mass is 32.2. The fraction of sp³-hybridized carbons (Fsp3) is 0.0952. The van der Waals surface area contributed by atoms with E-state index in [4.69, 9.17) is 0 Å². The van der Waals surface area contributed by atoms with E-state index < -0.39 is 10.0 Å². The lowest BCUT2D eigenvalue weighted by molar-refractivity contribution is 0.0956. The molecule has 3 rings (SSSR count). The monoisotopic (exact) mass is 412 g/mol. The van der Waals surface area contributed by atoms with Gasteiger partial charge in [-0.15, -0.1) is 11.8 Å². The lowest BCUT2D eigenvalue weighted by Crippen LogP contribution is -2.25. The Labute approximate surface area is 169 Å². The molecular formula is C21H20N2O3S2. The van der Waals surface area contributed by atoms with E-state index in [0.29, 0.717) is 17.8 Å². The fourth-order valence-corrected chi connectivity index (χ4v) is 4.32. The summed E-state index contributed by atoms with van der Waals surface area (Å²) < 4.78 is 27.1.